The molecule has 2 heterocycles. The third kappa shape index (κ3) is 1.67. The molecule has 0 aliphatic heterocycles. The Hall–Kier alpha value is -1.23. The summed E-state index contributed by atoms with van der Waals surface area (Å²) in [4.78, 5) is 8.69. The zero-order valence-corrected chi connectivity index (χ0v) is 9.53. The maximum atomic E-state index is 4.44. The number of hydrogen-bond acceptors (Lipinski definition) is 3. The Bertz CT molecular complexity index is 490. The van der Waals surface area contributed by atoms with Crippen LogP contribution in [0, 0.1) is 0 Å². The van der Waals surface area contributed by atoms with Crippen molar-refractivity contribution in [3.05, 3.63) is 28.6 Å². The normalized spacial score (nSPS) is 15.5. The van der Waals surface area contributed by atoms with Crippen LogP contribution in [-0.2, 0) is 0 Å². The van der Waals surface area contributed by atoms with E-state index in [0.717, 1.165) is 16.0 Å². The molecule has 2 aromatic heterocycles. The Balaban J connectivity index is 2.01. The number of pyridine rings is 1. The quantitative estimate of drug-likeness (QED) is 0.907. The second kappa shape index (κ2) is 3.41. The number of hydrogen-bond donors (Lipinski definition) is 1. The van der Waals surface area contributed by atoms with Crippen molar-refractivity contribution in [1.29, 1.82) is 0 Å². The molecular weight excluding hydrogens is 256 g/mol. The van der Waals surface area contributed by atoms with Crippen LogP contribution in [0.15, 0.2) is 22.8 Å². The van der Waals surface area contributed by atoms with E-state index in [1.165, 1.54) is 12.8 Å². The summed E-state index contributed by atoms with van der Waals surface area (Å²) in [6.07, 6.45) is 4.18. The Kier molecular flexibility index (Phi) is 2.05. The third-order valence-corrected chi connectivity index (χ3v) is 3.08. The molecule has 1 N–H and O–H groups in total. The summed E-state index contributed by atoms with van der Waals surface area (Å²) in [5.74, 6) is 2.25. The molecule has 3 rings (SSSR count). The van der Waals surface area contributed by atoms with Crippen molar-refractivity contribution in [3.63, 3.8) is 0 Å². The predicted octanol–water partition coefficient (Wildman–Crippen LogP) is 2.51. The van der Waals surface area contributed by atoms with Gasteiger partial charge in [0.15, 0.2) is 0 Å². The standard InChI is InChI=1S/C10H9BrN4/c11-7-2-1-5-12-8(7)10-13-9(14-15-10)6-3-4-6/h1-2,5-6H,3-4H2,(H,13,14,15). The summed E-state index contributed by atoms with van der Waals surface area (Å²) in [5.41, 5.74) is 0.792. The molecule has 2 aromatic rings. The summed E-state index contributed by atoms with van der Waals surface area (Å²) in [7, 11) is 0. The molecule has 1 fully saturated rings. The van der Waals surface area contributed by atoms with Gasteiger partial charge in [-0.3, -0.25) is 10.1 Å². The van der Waals surface area contributed by atoms with E-state index in [1.54, 1.807) is 6.20 Å². The molecule has 0 unspecified atom stereocenters. The van der Waals surface area contributed by atoms with Crippen LogP contribution >= 0.6 is 15.9 Å². The van der Waals surface area contributed by atoms with Gasteiger partial charge in [-0.15, -0.1) is 0 Å². The summed E-state index contributed by atoms with van der Waals surface area (Å²) < 4.78 is 0.923. The van der Waals surface area contributed by atoms with Crippen LogP contribution in [0.25, 0.3) is 11.5 Å². The first kappa shape index (κ1) is 9.03. The Morgan fingerprint density at radius 1 is 1.40 bits per heavy atom. The number of aromatic nitrogens is 4. The van der Waals surface area contributed by atoms with Crippen molar-refractivity contribution in [2.75, 3.05) is 0 Å². The van der Waals surface area contributed by atoms with Gasteiger partial charge in [0.1, 0.15) is 11.5 Å². The highest BCUT2D eigenvalue weighted by Gasteiger charge is 2.27. The monoisotopic (exact) mass is 264 g/mol. The van der Waals surface area contributed by atoms with Gasteiger partial charge in [-0.05, 0) is 40.9 Å². The van der Waals surface area contributed by atoms with Gasteiger partial charge in [-0.1, -0.05) is 0 Å². The Morgan fingerprint density at radius 2 is 2.27 bits per heavy atom. The average Bonchev–Trinajstić information content (AvgIpc) is 2.99. The summed E-state index contributed by atoms with van der Waals surface area (Å²) in [6, 6.07) is 3.82. The Morgan fingerprint density at radius 3 is 3.00 bits per heavy atom. The van der Waals surface area contributed by atoms with Gasteiger partial charge in [0.2, 0.25) is 5.82 Å². The molecule has 4 nitrogen and oxygen atoms in total. The van der Waals surface area contributed by atoms with Crippen LogP contribution in [0.4, 0.5) is 0 Å². The van der Waals surface area contributed by atoms with Crippen molar-refractivity contribution in [2.24, 2.45) is 0 Å². The van der Waals surface area contributed by atoms with Gasteiger partial charge in [0, 0.05) is 16.6 Å². The number of halogens is 1. The summed E-state index contributed by atoms with van der Waals surface area (Å²) >= 11 is 3.44. The average molecular weight is 265 g/mol. The molecule has 0 amide bonds. The fourth-order valence-electron chi connectivity index (χ4n) is 1.47. The molecule has 0 saturated heterocycles. The van der Waals surface area contributed by atoms with E-state index in [4.69, 9.17) is 0 Å². The number of aromatic amines is 1. The zero-order valence-electron chi connectivity index (χ0n) is 7.94. The number of H-pyrrole nitrogens is 1. The molecule has 0 atom stereocenters. The second-order valence-electron chi connectivity index (χ2n) is 3.65. The van der Waals surface area contributed by atoms with Crippen LogP contribution in [0.1, 0.15) is 24.6 Å². The number of nitrogens with one attached hydrogen (secondary N) is 1. The summed E-state index contributed by atoms with van der Waals surface area (Å²) in [5, 5.41) is 7.15. The van der Waals surface area contributed by atoms with Crippen molar-refractivity contribution in [2.45, 2.75) is 18.8 Å². The lowest BCUT2D eigenvalue weighted by Gasteiger charge is -1.95. The molecule has 1 saturated carbocycles. The first-order valence-corrected chi connectivity index (χ1v) is 5.67. The van der Waals surface area contributed by atoms with E-state index in [2.05, 4.69) is 36.1 Å². The van der Waals surface area contributed by atoms with E-state index in [1.807, 2.05) is 12.1 Å². The Labute approximate surface area is 95.3 Å². The highest BCUT2D eigenvalue weighted by atomic mass is 79.9. The van der Waals surface area contributed by atoms with Crippen molar-refractivity contribution in [3.8, 4) is 11.5 Å². The molecule has 76 valence electrons. The minimum atomic E-state index is 0.591. The van der Waals surface area contributed by atoms with E-state index < -0.39 is 0 Å². The molecule has 0 radical (unpaired) electrons. The van der Waals surface area contributed by atoms with E-state index in [0.29, 0.717) is 11.7 Å². The van der Waals surface area contributed by atoms with Gasteiger partial charge in [-0.25, -0.2) is 4.98 Å². The van der Waals surface area contributed by atoms with E-state index in [9.17, 15) is 0 Å². The predicted molar refractivity (Wildman–Crippen MR) is 59.3 cm³/mol. The minimum Gasteiger partial charge on any atom is -0.262 e. The first-order chi connectivity index (χ1) is 7.34. The fourth-order valence-corrected chi connectivity index (χ4v) is 1.90. The van der Waals surface area contributed by atoms with E-state index in [-0.39, 0.29) is 0 Å². The highest BCUT2D eigenvalue weighted by molar-refractivity contribution is 9.10. The maximum absolute atomic E-state index is 4.44. The lowest BCUT2D eigenvalue weighted by atomic mass is 10.3. The first-order valence-electron chi connectivity index (χ1n) is 4.88. The van der Waals surface area contributed by atoms with Crippen LogP contribution in [0.2, 0.25) is 0 Å². The molecule has 15 heavy (non-hydrogen) atoms. The van der Waals surface area contributed by atoms with Gasteiger partial charge < -0.3 is 0 Å². The van der Waals surface area contributed by atoms with Crippen LogP contribution in [0.5, 0.6) is 0 Å². The smallest absolute Gasteiger partial charge is 0.200 e. The molecular formula is C10H9BrN4. The van der Waals surface area contributed by atoms with Crippen molar-refractivity contribution in [1.82, 2.24) is 20.2 Å². The lowest BCUT2D eigenvalue weighted by molar-refractivity contribution is 0.935. The molecule has 0 spiro atoms. The molecule has 1 aliphatic rings. The van der Waals surface area contributed by atoms with Gasteiger partial charge >= 0.3 is 0 Å². The van der Waals surface area contributed by atoms with Crippen LogP contribution < -0.4 is 0 Å². The largest absolute Gasteiger partial charge is 0.262 e. The lowest BCUT2D eigenvalue weighted by Crippen LogP contribution is -1.87. The van der Waals surface area contributed by atoms with Gasteiger partial charge in [0.25, 0.3) is 0 Å². The zero-order chi connectivity index (χ0) is 10.3. The van der Waals surface area contributed by atoms with Gasteiger partial charge in [0.05, 0.1) is 0 Å². The van der Waals surface area contributed by atoms with E-state index >= 15 is 0 Å². The molecule has 0 aromatic carbocycles. The SMILES string of the molecule is Brc1cccnc1-c1n[nH]c(C2CC2)n1. The maximum Gasteiger partial charge on any atom is 0.200 e. The molecule has 1 aliphatic carbocycles. The minimum absolute atomic E-state index is 0.591. The third-order valence-electron chi connectivity index (χ3n) is 2.44. The number of nitrogens with zero attached hydrogens (tertiary/aromatic N) is 3. The van der Waals surface area contributed by atoms with Crippen LogP contribution in [0.3, 0.4) is 0 Å². The second-order valence-corrected chi connectivity index (χ2v) is 4.51. The fraction of sp³-hybridized carbons (Fsp3) is 0.300. The van der Waals surface area contributed by atoms with Crippen LogP contribution in [-0.4, -0.2) is 20.2 Å². The topological polar surface area (TPSA) is 54.5 Å². The highest BCUT2D eigenvalue weighted by Crippen LogP contribution is 2.38. The molecule has 5 heteroatoms. The summed E-state index contributed by atoms with van der Waals surface area (Å²) in [6.45, 7) is 0. The van der Waals surface area contributed by atoms with Gasteiger partial charge in [-0.2, -0.15) is 5.10 Å². The molecule has 0 bridgehead atoms. The van der Waals surface area contributed by atoms with Crippen molar-refractivity contribution >= 4 is 15.9 Å². The van der Waals surface area contributed by atoms with Crippen molar-refractivity contribution < 1.29 is 0 Å². The number of rotatable bonds is 2.